The van der Waals surface area contributed by atoms with E-state index < -0.39 is 0 Å². The normalized spacial score (nSPS) is 0. The van der Waals surface area contributed by atoms with Crippen LogP contribution in [0, 0.1) is 0 Å². The third kappa shape index (κ3) is 106. The van der Waals surface area contributed by atoms with Crippen molar-refractivity contribution in [3.63, 3.8) is 0 Å². The highest BCUT2D eigenvalue weighted by atomic mass is 27.0. The Hall–Kier alpha value is 1.44. The maximum Gasteiger partial charge on any atom is 0.187 e. The largest absolute Gasteiger partial charge is 0.412 e. The standard InChI is InChI=1S/3Al.4H2O.9H/h;;;4*1H2;;;;;;;;;. The van der Waals surface area contributed by atoms with Crippen LogP contribution in [0.3, 0.4) is 0 Å². The summed E-state index contributed by atoms with van der Waals surface area (Å²) in [5.41, 5.74) is 0. The molecule has 7 heavy (non-hydrogen) atoms. The first-order valence-electron chi connectivity index (χ1n) is 0. The summed E-state index contributed by atoms with van der Waals surface area (Å²) in [7, 11) is 0. The second kappa shape index (κ2) is 149. The lowest BCUT2D eigenvalue weighted by molar-refractivity contribution is 0.823. The topological polar surface area (TPSA) is 126 Å². The van der Waals surface area contributed by atoms with Gasteiger partial charge in [0.25, 0.3) is 0 Å². The number of rotatable bonds is 0. The first kappa shape index (κ1) is 226. The maximum atomic E-state index is 0. The van der Waals surface area contributed by atoms with Crippen LogP contribution in [0.25, 0.3) is 0 Å². The van der Waals surface area contributed by atoms with Crippen LogP contribution in [0.1, 0.15) is 0 Å². The Labute approximate surface area is 73.9 Å². The van der Waals surface area contributed by atoms with Gasteiger partial charge in [0.15, 0.2) is 52.1 Å². The van der Waals surface area contributed by atoms with E-state index in [-0.39, 0.29) is 74.0 Å². The minimum atomic E-state index is 0. The molecule has 50 valence electrons. The van der Waals surface area contributed by atoms with Crippen LogP contribution < -0.4 is 0 Å². The van der Waals surface area contributed by atoms with Crippen LogP contribution in [-0.2, 0) is 0 Å². The molecule has 0 spiro atoms. The van der Waals surface area contributed by atoms with Gasteiger partial charge in [-0.05, 0) is 0 Å². The fourth-order valence-corrected chi connectivity index (χ4v) is 0. The van der Waals surface area contributed by atoms with Crippen molar-refractivity contribution in [1.82, 2.24) is 0 Å². The lowest BCUT2D eigenvalue weighted by Crippen LogP contribution is -0.382. The van der Waals surface area contributed by atoms with Crippen LogP contribution in [0.2, 0.25) is 0 Å². The lowest BCUT2D eigenvalue weighted by Gasteiger charge is -0.413. The van der Waals surface area contributed by atoms with Crippen LogP contribution in [0.5, 0.6) is 0 Å². The molecule has 0 aromatic rings. The summed E-state index contributed by atoms with van der Waals surface area (Å²) in [5.74, 6) is 0. The van der Waals surface area contributed by atoms with Gasteiger partial charge in [-0.3, -0.25) is 0 Å². The Morgan fingerprint density at radius 2 is 0.286 bits per heavy atom. The molecule has 0 aromatic carbocycles. The fourth-order valence-electron chi connectivity index (χ4n) is 0. The first-order valence-corrected chi connectivity index (χ1v) is 0. The van der Waals surface area contributed by atoms with Crippen molar-refractivity contribution in [3.8, 4) is 0 Å². The van der Waals surface area contributed by atoms with E-state index in [0.29, 0.717) is 0 Å². The molecule has 0 bridgehead atoms. The van der Waals surface area contributed by atoms with Gasteiger partial charge in [0.2, 0.25) is 0 Å². The predicted molar refractivity (Wildman–Crippen MR) is 44.3 cm³/mol. The molecule has 0 aliphatic carbocycles. The molecule has 8 N–H and O–H groups in total. The summed E-state index contributed by atoms with van der Waals surface area (Å²) in [6.45, 7) is 0. The van der Waals surface area contributed by atoms with E-state index in [2.05, 4.69) is 0 Å². The number of hydrogen-bond acceptors (Lipinski definition) is 0. The summed E-state index contributed by atoms with van der Waals surface area (Å²) in [4.78, 5) is 0. The molecule has 0 rings (SSSR count). The summed E-state index contributed by atoms with van der Waals surface area (Å²) < 4.78 is 0. The quantitative estimate of drug-likeness (QED) is 0.314. The molecule has 0 unspecified atom stereocenters. The third-order valence-corrected chi connectivity index (χ3v) is 0. The molecule has 0 aliphatic rings. The van der Waals surface area contributed by atoms with Gasteiger partial charge in [-0.15, -0.1) is 0 Å². The zero-order valence-electron chi connectivity index (χ0n) is 2.00. The van der Waals surface area contributed by atoms with Crippen molar-refractivity contribution in [1.29, 1.82) is 0 Å². The minimum Gasteiger partial charge on any atom is -0.412 e. The van der Waals surface area contributed by atoms with Gasteiger partial charge in [0.1, 0.15) is 0 Å². The van der Waals surface area contributed by atoms with E-state index in [0.717, 1.165) is 0 Å². The summed E-state index contributed by atoms with van der Waals surface area (Å²) in [6, 6.07) is 0. The molecule has 0 aliphatic heterocycles. The molecule has 7 heteroatoms. The van der Waals surface area contributed by atoms with Crippen molar-refractivity contribution >= 4 is 52.1 Å². The Morgan fingerprint density at radius 3 is 0.286 bits per heavy atom. The van der Waals surface area contributed by atoms with Crippen LogP contribution in [-0.4, -0.2) is 74.0 Å². The molecule has 0 fully saturated rings. The smallest absolute Gasteiger partial charge is 0.187 e. The van der Waals surface area contributed by atoms with Gasteiger partial charge in [0.05, 0.1) is 0 Å². The van der Waals surface area contributed by atoms with E-state index in [1.165, 1.54) is 0 Å². The average Bonchev–Trinajstić information content (AvgIpc) is 0. The maximum absolute atomic E-state index is 0. The molecule has 0 radical (unpaired) electrons. The Kier molecular flexibility index (Phi) is 4810. The summed E-state index contributed by atoms with van der Waals surface area (Å²) >= 11 is 0. The molecule has 0 aromatic heterocycles. The Bertz CT molecular complexity index is 6.90. The molecule has 0 saturated carbocycles. The zero-order valence-corrected chi connectivity index (χ0v) is 2.00. The van der Waals surface area contributed by atoms with Crippen molar-refractivity contribution in [3.05, 3.63) is 0 Å². The Balaban J connectivity index is 0. The van der Waals surface area contributed by atoms with E-state index in [1.807, 2.05) is 0 Å². The van der Waals surface area contributed by atoms with Gasteiger partial charge < -0.3 is 21.9 Å². The van der Waals surface area contributed by atoms with E-state index in [1.54, 1.807) is 0 Å². The van der Waals surface area contributed by atoms with E-state index >= 15 is 0 Å². The van der Waals surface area contributed by atoms with Crippen molar-refractivity contribution in [2.75, 3.05) is 0 Å². The van der Waals surface area contributed by atoms with Crippen LogP contribution in [0.4, 0.5) is 0 Å². The second-order valence-corrected chi connectivity index (χ2v) is 0. The van der Waals surface area contributed by atoms with Crippen LogP contribution in [0.15, 0.2) is 0 Å². The zero-order chi connectivity index (χ0) is 0. The highest BCUT2D eigenvalue weighted by molar-refractivity contribution is 5.76. The molecular weight excluding hydrogens is 145 g/mol. The van der Waals surface area contributed by atoms with Gasteiger partial charge in [-0.1, -0.05) is 0 Å². The van der Waals surface area contributed by atoms with Gasteiger partial charge in [-0.25, -0.2) is 0 Å². The van der Waals surface area contributed by atoms with Crippen molar-refractivity contribution in [2.24, 2.45) is 0 Å². The second-order valence-electron chi connectivity index (χ2n) is 0. The molecule has 0 saturated heterocycles. The van der Waals surface area contributed by atoms with E-state index in [4.69, 9.17) is 0 Å². The van der Waals surface area contributed by atoms with Crippen molar-refractivity contribution in [2.45, 2.75) is 0 Å². The summed E-state index contributed by atoms with van der Waals surface area (Å²) in [5, 5.41) is 0. The average molecular weight is 162 g/mol. The van der Waals surface area contributed by atoms with Gasteiger partial charge in [-0.2, -0.15) is 0 Å². The Morgan fingerprint density at radius 1 is 0.286 bits per heavy atom. The van der Waals surface area contributed by atoms with E-state index in [9.17, 15) is 0 Å². The molecular formula is H17Al3O4. The fraction of sp³-hybridized carbons (Fsp3) is 0. The summed E-state index contributed by atoms with van der Waals surface area (Å²) in [6.07, 6.45) is 0. The van der Waals surface area contributed by atoms with Crippen molar-refractivity contribution < 1.29 is 21.9 Å². The highest BCUT2D eigenvalue weighted by Gasteiger charge is 0.189. The molecule has 4 nitrogen and oxygen atoms in total. The third-order valence-electron chi connectivity index (χ3n) is 0. The first-order chi connectivity index (χ1) is 0. The van der Waals surface area contributed by atoms with Gasteiger partial charge >= 0.3 is 0 Å². The SMILES string of the molecule is O.O.O.O.[AlH3].[AlH3].[AlH3]. The number of hydrogen-bond donors (Lipinski definition) is 0. The monoisotopic (exact) mass is 162 g/mol. The minimum absolute atomic E-state index is 0. The molecule has 0 amide bonds. The molecule has 0 heterocycles. The predicted octanol–water partition coefficient (Wildman–Crippen LogP) is -6.85. The lowest BCUT2D eigenvalue weighted by atomic mass is 16.0. The highest BCUT2D eigenvalue weighted by Crippen LogP contribution is -0.286. The van der Waals surface area contributed by atoms with Gasteiger partial charge in [0, 0.05) is 0 Å². The van der Waals surface area contributed by atoms with Crippen LogP contribution >= 0.6 is 0 Å². The molecule has 0 atom stereocenters.